The third-order valence-corrected chi connectivity index (χ3v) is 9.54. The normalized spacial score (nSPS) is 22.9. The summed E-state index contributed by atoms with van der Waals surface area (Å²) in [6.07, 6.45) is 20.7. The number of hydrogen-bond donors (Lipinski definition) is 0. The van der Waals surface area contributed by atoms with Crippen molar-refractivity contribution in [3.8, 4) is 0 Å². The molecule has 0 nitrogen and oxygen atoms in total. The second-order valence-corrected chi connectivity index (χ2v) is 16.7. The van der Waals surface area contributed by atoms with Crippen molar-refractivity contribution in [2.45, 2.75) is 173 Å². The molecule has 0 bridgehead atoms. The molecule has 0 aromatic rings. The molecular weight excluding hydrogens is 408 g/mol. The van der Waals surface area contributed by atoms with Crippen LogP contribution in [0.25, 0.3) is 0 Å². The van der Waals surface area contributed by atoms with Gasteiger partial charge in [-0.2, -0.15) is 0 Å². The molecule has 0 saturated heterocycles. The van der Waals surface area contributed by atoms with Crippen molar-refractivity contribution in [3.05, 3.63) is 0 Å². The average molecular weight is 477 g/mol. The Kier molecular flexibility index (Phi) is 12.7. The zero-order valence-corrected chi connectivity index (χ0v) is 26.2. The first-order valence-corrected chi connectivity index (χ1v) is 15.4. The summed E-state index contributed by atoms with van der Waals surface area (Å²) in [5, 5.41) is 0. The highest BCUT2D eigenvalue weighted by atomic mass is 14.4. The van der Waals surface area contributed by atoms with E-state index >= 15 is 0 Å². The third kappa shape index (κ3) is 13.3. The Balaban J connectivity index is 0.000000228. The Morgan fingerprint density at radius 1 is 0.265 bits per heavy atom. The van der Waals surface area contributed by atoms with Crippen LogP contribution in [0.3, 0.4) is 0 Å². The maximum absolute atomic E-state index is 2.38. The highest BCUT2D eigenvalue weighted by Gasteiger charge is 2.33. The van der Waals surface area contributed by atoms with Crippen molar-refractivity contribution in [1.29, 1.82) is 0 Å². The molecular formula is C34H68. The summed E-state index contributed by atoms with van der Waals surface area (Å²) in [5.74, 6) is 4.09. The van der Waals surface area contributed by atoms with Crippen molar-refractivity contribution >= 4 is 0 Å². The standard InChI is InChI=1S/C10H20.C9H18.C8H16.C7H14/c1-10(2,3)9-7-5-4-6-8-9;1-9(2,3)8-6-4-5-7-8;1-8(2,3)7-5-4-6-7;1-7(2,3)6-4-5-6/h9H,4-8H2,1-3H3;8H,4-7H2,1-3H3;7H,4-6H2,1-3H3;6H,4-5H2,1-3H3. The van der Waals surface area contributed by atoms with Gasteiger partial charge in [0.15, 0.2) is 0 Å². The molecule has 0 aromatic carbocycles. The van der Waals surface area contributed by atoms with Gasteiger partial charge in [-0.25, -0.2) is 0 Å². The van der Waals surface area contributed by atoms with Crippen LogP contribution in [0.1, 0.15) is 173 Å². The van der Waals surface area contributed by atoms with E-state index in [1.54, 1.807) is 0 Å². The Bertz CT molecular complexity index is 506. The monoisotopic (exact) mass is 477 g/mol. The quantitative estimate of drug-likeness (QED) is 0.326. The predicted octanol–water partition coefficient (Wildman–Crippen LogP) is 12.1. The molecule has 0 aliphatic heterocycles. The van der Waals surface area contributed by atoms with Crippen molar-refractivity contribution in [3.63, 3.8) is 0 Å². The molecule has 0 aromatic heterocycles. The Morgan fingerprint density at radius 2 is 0.471 bits per heavy atom. The molecule has 0 amide bonds. The van der Waals surface area contributed by atoms with E-state index in [-0.39, 0.29) is 0 Å². The van der Waals surface area contributed by atoms with E-state index in [0.717, 1.165) is 23.7 Å². The summed E-state index contributed by atoms with van der Waals surface area (Å²) >= 11 is 0. The molecule has 0 heteroatoms. The largest absolute Gasteiger partial charge is 0.0599 e. The van der Waals surface area contributed by atoms with Gasteiger partial charge in [-0.3, -0.25) is 0 Å². The first-order valence-electron chi connectivity index (χ1n) is 15.4. The number of hydrogen-bond acceptors (Lipinski definition) is 0. The molecule has 4 fully saturated rings. The summed E-state index contributed by atoms with van der Waals surface area (Å²) < 4.78 is 0. The van der Waals surface area contributed by atoms with Gasteiger partial charge in [-0.05, 0) is 96.7 Å². The second-order valence-electron chi connectivity index (χ2n) is 16.7. The summed E-state index contributed by atoms with van der Waals surface area (Å²) in [4.78, 5) is 0. The minimum absolute atomic E-state index is 0.570. The van der Waals surface area contributed by atoms with Gasteiger partial charge in [-0.15, -0.1) is 0 Å². The molecule has 0 spiro atoms. The van der Waals surface area contributed by atoms with Crippen LogP contribution >= 0.6 is 0 Å². The zero-order valence-electron chi connectivity index (χ0n) is 26.2. The van der Waals surface area contributed by atoms with Gasteiger partial charge in [0, 0.05) is 0 Å². The molecule has 0 N–H and O–H groups in total. The lowest BCUT2D eigenvalue weighted by molar-refractivity contribution is 0.141. The highest BCUT2D eigenvalue weighted by molar-refractivity contribution is 4.84. The fourth-order valence-corrected chi connectivity index (χ4v) is 5.98. The fraction of sp³-hybridized carbons (Fsp3) is 1.00. The van der Waals surface area contributed by atoms with E-state index in [1.165, 1.54) is 89.9 Å². The van der Waals surface area contributed by atoms with E-state index in [1.807, 2.05) is 0 Å². The summed E-state index contributed by atoms with van der Waals surface area (Å²) in [7, 11) is 0. The SMILES string of the molecule is CC(C)(C)C1CC1.CC(C)(C)C1CCC1.CC(C)(C)C1CCCC1.CC(C)(C)C1CCCCC1. The minimum Gasteiger partial charge on any atom is -0.0599 e. The second kappa shape index (κ2) is 13.5. The molecule has 34 heavy (non-hydrogen) atoms. The molecule has 4 aliphatic rings. The molecule has 0 atom stereocenters. The first kappa shape index (κ1) is 32.0. The lowest BCUT2D eigenvalue weighted by Crippen LogP contribution is -2.26. The van der Waals surface area contributed by atoms with Crippen molar-refractivity contribution in [2.24, 2.45) is 45.3 Å². The van der Waals surface area contributed by atoms with Gasteiger partial charge in [0.05, 0.1) is 0 Å². The van der Waals surface area contributed by atoms with Crippen LogP contribution in [0.15, 0.2) is 0 Å². The lowest BCUT2D eigenvalue weighted by atomic mass is 9.69. The summed E-state index contributed by atoms with van der Waals surface area (Å²) in [6.45, 7) is 28.2. The van der Waals surface area contributed by atoms with E-state index in [0.29, 0.717) is 21.7 Å². The Morgan fingerprint density at radius 3 is 0.588 bits per heavy atom. The van der Waals surface area contributed by atoms with Gasteiger partial charge in [-0.1, -0.05) is 122 Å². The number of rotatable bonds is 0. The van der Waals surface area contributed by atoms with Gasteiger partial charge in [0.1, 0.15) is 0 Å². The average Bonchev–Trinajstić information content (AvgIpc) is 3.35. The lowest BCUT2D eigenvalue weighted by Gasteiger charge is -2.37. The summed E-state index contributed by atoms with van der Waals surface area (Å²) in [5.41, 5.74) is 2.36. The van der Waals surface area contributed by atoms with E-state index < -0.39 is 0 Å². The smallest absolute Gasteiger partial charge is 0.0354 e. The minimum atomic E-state index is 0.570. The van der Waals surface area contributed by atoms with E-state index in [4.69, 9.17) is 0 Å². The van der Waals surface area contributed by atoms with Crippen molar-refractivity contribution in [2.75, 3.05) is 0 Å². The topological polar surface area (TPSA) is 0 Å². The van der Waals surface area contributed by atoms with Crippen LogP contribution in [0.2, 0.25) is 0 Å². The van der Waals surface area contributed by atoms with Gasteiger partial charge < -0.3 is 0 Å². The molecule has 204 valence electrons. The van der Waals surface area contributed by atoms with Gasteiger partial charge in [0.2, 0.25) is 0 Å². The van der Waals surface area contributed by atoms with Gasteiger partial charge >= 0.3 is 0 Å². The molecule has 0 heterocycles. The van der Waals surface area contributed by atoms with Crippen LogP contribution in [-0.2, 0) is 0 Å². The molecule has 4 aliphatic carbocycles. The maximum Gasteiger partial charge on any atom is -0.0354 e. The van der Waals surface area contributed by atoms with Crippen LogP contribution in [0.5, 0.6) is 0 Å². The van der Waals surface area contributed by atoms with Crippen molar-refractivity contribution in [1.82, 2.24) is 0 Å². The third-order valence-electron chi connectivity index (χ3n) is 9.54. The molecule has 0 unspecified atom stereocenters. The zero-order chi connectivity index (χ0) is 26.2. The maximum atomic E-state index is 2.38. The van der Waals surface area contributed by atoms with Crippen LogP contribution in [0.4, 0.5) is 0 Å². The van der Waals surface area contributed by atoms with Crippen LogP contribution < -0.4 is 0 Å². The molecule has 4 saturated carbocycles. The Hall–Kier alpha value is 0. The van der Waals surface area contributed by atoms with Crippen molar-refractivity contribution < 1.29 is 0 Å². The predicted molar refractivity (Wildman–Crippen MR) is 156 cm³/mol. The highest BCUT2D eigenvalue weighted by Crippen LogP contribution is 2.44. The van der Waals surface area contributed by atoms with Crippen LogP contribution in [-0.4, -0.2) is 0 Å². The van der Waals surface area contributed by atoms with Gasteiger partial charge in [0.25, 0.3) is 0 Å². The first-order chi connectivity index (χ1) is 15.4. The molecule has 4 rings (SSSR count). The fourth-order valence-electron chi connectivity index (χ4n) is 5.98. The van der Waals surface area contributed by atoms with Crippen LogP contribution in [0, 0.1) is 45.3 Å². The summed E-state index contributed by atoms with van der Waals surface area (Å²) in [6, 6.07) is 0. The molecule has 0 radical (unpaired) electrons. The Labute approximate surface area is 218 Å². The van der Waals surface area contributed by atoms with E-state index in [2.05, 4.69) is 83.1 Å². The van der Waals surface area contributed by atoms with E-state index in [9.17, 15) is 0 Å².